The summed E-state index contributed by atoms with van der Waals surface area (Å²) in [7, 11) is 0. The van der Waals surface area contributed by atoms with E-state index in [4.69, 9.17) is 5.11 Å². The summed E-state index contributed by atoms with van der Waals surface area (Å²) in [4.78, 5) is 12.4. The van der Waals surface area contributed by atoms with Crippen LogP contribution >= 0.6 is 38.5 Å². The topological polar surface area (TPSA) is 58.4 Å². The molecule has 0 aromatic carbocycles. The Morgan fingerprint density at radius 3 is 3.00 bits per heavy atom. The summed E-state index contributed by atoms with van der Waals surface area (Å²) in [5.74, 6) is 0. The second-order valence-corrected chi connectivity index (χ2v) is 5.32. The van der Waals surface area contributed by atoms with E-state index in [1.165, 1.54) is 4.90 Å². The number of amides is 1. The van der Waals surface area contributed by atoms with E-state index >= 15 is 0 Å². The second-order valence-electron chi connectivity index (χ2n) is 3.49. The number of hydrogen-bond donors (Lipinski definition) is 1. The lowest BCUT2D eigenvalue weighted by molar-refractivity contribution is 0.105. The fourth-order valence-electron chi connectivity index (χ4n) is 1.67. The number of rotatable bonds is 0. The van der Waals surface area contributed by atoms with Gasteiger partial charge in [-0.25, -0.2) is 4.79 Å². The highest BCUT2D eigenvalue weighted by atomic mass is 127. The maximum Gasteiger partial charge on any atom is 0.407 e. The van der Waals surface area contributed by atoms with Gasteiger partial charge in [0, 0.05) is 0 Å². The Morgan fingerprint density at radius 2 is 2.40 bits per heavy atom. The molecular formula is C8H9BrIN3O2. The Hall–Kier alpha value is -0.310. The van der Waals surface area contributed by atoms with E-state index in [0.717, 1.165) is 13.9 Å². The molecule has 82 valence electrons. The van der Waals surface area contributed by atoms with Gasteiger partial charge in [0.2, 0.25) is 0 Å². The number of aromatic nitrogens is 2. The van der Waals surface area contributed by atoms with Crippen LogP contribution in [0.2, 0.25) is 0 Å². The van der Waals surface area contributed by atoms with Crippen molar-refractivity contribution in [3.63, 3.8) is 0 Å². The van der Waals surface area contributed by atoms with E-state index < -0.39 is 6.09 Å². The Labute approximate surface area is 109 Å². The standard InChI is InChI=1S/C8H9BrIN3O2/c1-4-2-13-5(3-12(4)8(14)15)6(10)7(9)11-13/h4H,2-3H2,1H3,(H,14,15)/t4-/m0/s1. The van der Waals surface area contributed by atoms with Crippen LogP contribution in [0.15, 0.2) is 4.60 Å². The van der Waals surface area contributed by atoms with Crippen LogP contribution < -0.4 is 0 Å². The van der Waals surface area contributed by atoms with Gasteiger partial charge in [0.25, 0.3) is 0 Å². The number of carbonyl (C=O) groups is 1. The zero-order valence-electron chi connectivity index (χ0n) is 7.94. The van der Waals surface area contributed by atoms with E-state index in [0.29, 0.717) is 13.1 Å². The largest absolute Gasteiger partial charge is 0.465 e. The molecule has 5 nitrogen and oxygen atoms in total. The van der Waals surface area contributed by atoms with Crippen LogP contribution in [-0.2, 0) is 13.1 Å². The molecule has 7 heteroatoms. The van der Waals surface area contributed by atoms with Crippen LogP contribution in [0.25, 0.3) is 0 Å². The molecule has 1 amide bonds. The Balaban J connectivity index is 2.39. The van der Waals surface area contributed by atoms with Crippen molar-refractivity contribution in [3.05, 3.63) is 13.9 Å². The van der Waals surface area contributed by atoms with Crippen molar-refractivity contribution in [2.45, 2.75) is 26.1 Å². The molecule has 2 heterocycles. The first-order valence-electron chi connectivity index (χ1n) is 4.41. The summed E-state index contributed by atoms with van der Waals surface area (Å²) in [6, 6.07) is -0.0300. The van der Waals surface area contributed by atoms with Gasteiger partial charge in [-0.3, -0.25) is 9.58 Å². The Kier molecular flexibility index (Phi) is 2.93. The molecule has 15 heavy (non-hydrogen) atoms. The highest BCUT2D eigenvalue weighted by molar-refractivity contribution is 14.1. The summed E-state index contributed by atoms with van der Waals surface area (Å²) in [5.41, 5.74) is 0.961. The summed E-state index contributed by atoms with van der Waals surface area (Å²) in [5, 5.41) is 13.3. The molecule has 0 aliphatic carbocycles. The maximum absolute atomic E-state index is 11.0. The third kappa shape index (κ3) is 1.86. The van der Waals surface area contributed by atoms with Gasteiger partial charge in [0.05, 0.1) is 28.4 Å². The van der Waals surface area contributed by atoms with Crippen molar-refractivity contribution in [2.24, 2.45) is 0 Å². The lowest BCUT2D eigenvalue weighted by Gasteiger charge is -2.31. The summed E-state index contributed by atoms with van der Waals surface area (Å²) >= 11 is 5.52. The van der Waals surface area contributed by atoms with Gasteiger partial charge in [0.1, 0.15) is 4.60 Å². The minimum absolute atomic E-state index is 0.0300. The molecule has 0 spiro atoms. The number of halogens is 2. The van der Waals surface area contributed by atoms with Gasteiger partial charge in [0.15, 0.2) is 0 Å². The first-order chi connectivity index (χ1) is 7.00. The van der Waals surface area contributed by atoms with Crippen molar-refractivity contribution in [2.75, 3.05) is 0 Å². The highest BCUT2D eigenvalue weighted by Crippen LogP contribution is 2.27. The molecule has 2 rings (SSSR count). The molecule has 0 fully saturated rings. The highest BCUT2D eigenvalue weighted by Gasteiger charge is 2.29. The van der Waals surface area contributed by atoms with Crippen LogP contribution in [0.1, 0.15) is 12.6 Å². The molecule has 0 saturated heterocycles. The average Bonchev–Trinajstić information content (AvgIpc) is 2.41. The monoisotopic (exact) mass is 385 g/mol. The predicted molar refractivity (Wildman–Crippen MR) is 65.7 cm³/mol. The van der Waals surface area contributed by atoms with E-state index in [1.54, 1.807) is 0 Å². The van der Waals surface area contributed by atoms with Crippen molar-refractivity contribution < 1.29 is 9.90 Å². The fourth-order valence-corrected chi connectivity index (χ4v) is 2.64. The van der Waals surface area contributed by atoms with E-state index in [-0.39, 0.29) is 6.04 Å². The molecule has 0 saturated carbocycles. The third-order valence-electron chi connectivity index (χ3n) is 2.49. The molecule has 1 aliphatic heterocycles. The Morgan fingerprint density at radius 1 is 1.73 bits per heavy atom. The quantitative estimate of drug-likeness (QED) is 0.696. The van der Waals surface area contributed by atoms with E-state index in [2.05, 4.69) is 43.6 Å². The lowest BCUT2D eigenvalue weighted by atomic mass is 10.2. The Bertz CT molecular complexity index is 420. The second kappa shape index (κ2) is 3.93. The molecule has 0 radical (unpaired) electrons. The number of nitrogens with zero attached hydrogens (tertiary/aromatic N) is 3. The summed E-state index contributed by atoms with van der Waals surface area (Å²) in [6.45, 7) is 2.91. The molecule has 1 N–H and O–H groups in total. The van der Waals surface area contributed by atoms with Gasteiger partial charge < -0.3 is 5.11 Å². The van der Waals surface area contributed by atoms with Crippen molar-refractivity contribution in [1.82, 2.24) is 14.7 Å². The molecule has 1 aliphatic rings. The van der Waals surface area contributed by atoms with Gasteiger partial charge >= 0.3 is 6.09 Å². The van der Waals surface area contributed by atoms with Crippen LogP contribution in [0.5, 0.6) is 0 Å². The first-order valence-corrected chi connectivity index (χ1v) is 6.28. The zero-order valence-corrected chi connectivity index (χ0v) is 11.7. The van der Waals surface area contributed by atoms with Gasteiger partial charge in [-0.15, -0.1) is 0 Å². The number of fused-ring (bicyclic) bond motifs is 1. The van der Waals surface area contributed by atoms with Crippen molar-refractivity contribution in [1.29, 1.82) is 0 Å². The number of carboxylic acid groups (broad SMARTS) is 1. The van der Waals surface area contributed by atoms with Crippen molar-refractivity contribution in [3.8, 4) is 0 Å². The van der Waals surface area contributed by atoms with E-state index in [9.17, 15) is 4.79 Å². The first kappa shape index (κ1) is 11.2. The molecule has 1 aromatic rings. The minimum Gasteiger partial charge on any atom is -0.465 e. The van der Waals surface area contributed by atoms with Crippen LogP contribution in [-0.4, -0.2) is 31.9 Å². The average molecular weight is 386 g/mol. The van der Waals surface area contributed by atoms with Crippen LogP contribution in [0, 0.1) is 3.57 Å². The van der Waals surface area contributed by atoms with Crippen LogP contribution in [0.4, 0.5) is 4.79 Å². The fraction of sp³-hybridized carbons (Fsp3) is 0.500. The van der Waals surface area contributed by atoms with Crippen LogP contribution in [0.3, 0.4) is 0 Å². The van der Waals surface area contributed by atoms with Gasteiger partial charge in [-0.05, 0) is 45.4 Å². The van der Waals surface area contributed by atoms with E-state index in [1.807, 2.05) is 11.6 Å². The summed E-state index contributed by atoms with van der Waals surface area (Å²) < 4.78 is 3.65. The zero-order chi connectivity index (χ0) is 11.2. The predicted octanol–water partition coefficient (Wildman–Crippen LogP) is 2.13. The molecule has 1 aromatic heterocycles. The SMILES string of the molecule is C[C@H]1Cn2nc(Br)c(I)c2CN1C(=O)O. The normalized spacial score (nSPS) is 20.2. The molecular weight excluding hydrogens is 377 g/mol. The minimum atomic E-state index is -0.873. The molecule has 1 atom stereocenters. The third-order valence-corrected chi connectivity index (χ3v) is 4.92. The number of hydrogen-bond acceptors (Lipinski definition) is 2. The van der Waals surface area contributed by atoms with Gasteiger partial charge in [-0.1, -0.05) is 0 Å². The maximum atomic E-state index is 11.0. The summed E-state index contributed by atoms with van der Waals surface area (Å²) in [6.07, 6.45) is -0.873. The van der Waals surface area contributed by atoms with Gasteiger partial charge in [-0.2, -0.15) is 5.10 Å². The molecule has 0 bridgehead atoms. The van der Waals surface area contributed by atoms with Crippen molar-refractivity contribution >= 4 is 44.6 Å². The lowest BCUT2D eigenvalue weighted by Crippen LogP contribution is -2.44. The molecule has 0 unspecified atom stereocenters. The smallest absolute Gasteiger partial charge is 0.407 e.